The van der Waals surface area contributed by atoms with Crippen LogP contribution in [0.3, 0.4) is 0 Å². The first-order valence-corrected chi connectivity index (χ1v) is 8.96. The van der Waals surface area contributed by atoms with Crippen LogP contribution in [0.2, 0.25) is 0 Å². The first-order valence-electron chi connectivity index (χ1n) is 8.96. The summed E-state index contributed by atoms with van der Waals surface area (Å²) in [5.74, 6) is 0.274. The van der Waals surface area contributed by atoms with Gasteiger partial charge in [0.25, 0.3) is 0 Å². The van der Waals surface area contributed by atoms with E-state index in [0.717, 1.165) is 51.4 Å². The van der Waals surface area contributed by atoms with Crippen LogP contribution in [0.15, 0.2) is 48.6 Å². The van der Waals surface area contributed by atoms with Crippen LogP contribution in [0.4, 0.5) is 0 Å². The van der Waals surface area contributed by atoms with Gasteiger partial charge in [-0.3, -0.25) is 0 Å². The number of carbonyl (C=O) groups is 1. The molecule has 0 amide bonds. The van der Waals surface area contributed by atoms with E-state index in [4.69, 9.17) is 0 Å². The highest BCUT2D eigenvalue weighted by atomic mass is 16.3. The second-order valence-electron chi connectivity index (χ2n) is 5.85. The van der Waals surface area contributed by atoms with E-state index in [9.17, 15) is 9.90 Å². The number of Topliss-reactive ketones (excluding diaryl/α,β-unsaturated/α-hetero) is 1. The number of ketones is 1. The molecule has 0 unspecified atom stereocenters. The summed E-state index contributed by atoms with van der Waals surface area (Å²) in [5, 5.41) is 9.64. The Labute approximate surface area is 142 Å². The summed E-state index contributed by atoms with van der Waals surface area (Å²) in [5.41, 5.74) is 0. The molecule has 0 saturated heterocycles. The van der Waals surface area contributed by atoms with Gasteiger partial charge in [0.05, 0.1) is 6.10 Å². The van der Waals surface area contributed by atoms with Crippen molar-refractivity contribution in [3.8, 4) is 0 Å². The maximum atomic E-state index is 10.8. The minimum absolute atomic E-state index is 0.274. The summed E-state index contributed by atoms with van der Waals surface area (Å²) >= 11 is 0. The molecule has 0 heterocycles. The van der Waals surface area contributed by atoms with E-state index in [-0.39, 0.29) is 11.9 Å². The lowest BCUT2D eigenvalue weighted by molar-refractivity contribution is -0.117. The summed E-state index contributed by atoms with van der Waals surface area (Å²) in [6.45, 7) is 3.78. The van der Waals surface area contributed by atoms with E-state index in [1.165, 1.54) is 0 Å². The van der Waals surface area contributed by atoms with Crippen molar-refractivity contribution < 1.29 is 9.90 Å². The molecule has 1 atom stereocenters. The molecule has 0 bridgehead atoms. The number of aliphatic hydroxyl groups excluding tert-OH is 1. The first-order chi connectivity index (χ1) is 11.2. The lowest BCUT2D eigenvalue weighted by Gasteiger charge is -2.02. The van der Waals surface area contributed by atoms with Gasteiger partial charge in [0, 0.05) is 6.42 Å². The van der Waals surface area contributed by atoms with Crippen molar-refractivity contribution in [2.75, 3.05) is 0 Å². The number of carbonyl (C=O) groups excluding carboxylic acids is 1. The Morgan fingerprint density at radius 3 is 2.04 bits per heavy atom. The average Bonchev–Trinajstić information content (AvgIpc) is 2.52. The predicted octanol–water partition coefficient (Wildman–Crippen LogP) is 5.69. The lowest BCUT2D eigenvalue weighted by atomic mass is 10.1. The number of unbranched alkanes of at least 4 members (excludes halogenated alkanes) is 2. The number of allylic oxidation sites excluding steroid dienone is 7. The number of hydrogen-bond acceptors (Lipinski definition) is 2. The third-order valence-electron chi connectivity index (χ3n) is 3.43. The molecule has 0 aliphatic heterocycles. The zero-order valence-electron chi connectivity index (χ0n) is 14.9. The van der Waals surface area contributed by atoms with Gasteiger partial charge in [-0.1, -0.05) is 68.4 Å². The monoisotopic (exact) mass is 318 g/mol. The summed E-state index contributed by atoms with van der Waals surface area (Å²) in [6.07, 6.45) is 25.0. The molecular formula is C21H34O2. The van der Waals surface area contributed by atoms with Gasteiger partial charge in [-0.25, -0.2) is 0 Å². The molecule has 0 radical (unpaired) electrons. The molecule has 130 valence electrons. The Hall–Kier alpha value is -1.41. The van der Waals surface area contributed by atoms with E-state index in [1.807, 2.05) is 12.2 Å². The molecule has 23 heavy (non-hydrogen) atoms. The van der Waals surface area contributed by atoms with Crippen molar-refractivity contribution in [1.29, 1.82) is 0 Å². The van der Waals surface area contributed by atoms with Crippen molar-refractivity contribution >= 4 is 5.78 Å². The number of rotatable bonds is 14. The standard InChI is InChI=1S/C21H34O2/c1-3-4-18-21(23)19-16-14-12-10-8-6-5-7-9-11-13-15-17-20(2)22/h5-6,9-12,16,19,21,23H,3-4,7-8,13-15,17-18H2,1-2H3/b6-5-,11-9-,12-10-,19-16-/t21-/m1/s1. The summed E-state index contributed by atoms with van der Waals surface area (Å²) < 4.78 is 0. The molecule has 0 spiro atoms. The van der Waals surface area contributed by atoms with Gasteiger partial charge in [0.15, 0.2) is 0 Å². The predicted molar refractivity (Wildman–Crippen MR) is 100 cm³/mol. The molecule has 0 rings (SSSR count). The Kier molecular flexibility index (Phi) is 15.9. The Bertz CT molecular complexity index is 389. The van der Waals surface area contributed by atoms with E-state index in [0.29, 0.717) is 6.42 Å². The minimum atomic E-state index is -0.287. The smallest absolute Gasteiger partial charge is 0.129 e. The van der Waals surface area contributed by atoms with Gasteiger partial charge in [-0.15, -0.1) is 0 Å². The average molecular weight is 319 g/mol. The normalized spacial score (nSPS) is 13.9. The highest BCUT2D eigenvalue weighted by Gasteiger charge is 1.95. The van der Waals surface area contributed by atoms with Crippen LogP contribution in [0, 0.1) is 0 Å². The van der Waals surface area contributed by atoms with E-state index < -0.39 is 0 Å². The van der Waals surface area contributed by atoms with Crippen LogP contribution in [-0.4, -0.2) is 17.0 Å². The van der Waals surface area contributed by atoms with Crippen molar-refractivity contribution in [2.24, 2.45) is 0 Å². The highest BCUT2D eigenvalue weighted by molar-refractivity contribution is 5.75. The van der Waals surface area contributed by atoms with E-state index in [2.05, 4.69) is 43.4 Å². The van der Waals surface area contributed by atoms with Gasteiger partial charge in [-0.05, 0) is 45.4 Å². The van der Waals surface area contributed by atoms with Crippen LogP contribution in [-0.2, 0) is 4.79 Å². The quantitative estimate of drug-likeness (QED) is 0.330. The third-order valence-corrected chi connectivity index (χ3v) is 3.43. The molecule has 0 aromatic carbocycles. The van der Waals surface area contributed by atoms with Crippen molar-refractivity contribution in [3.05, 3.63) is 48.6 Å². The summed E-state index contributed by atoms with van der Waals surface area (Å²) in [4.78, 5) is 10.8. The second-order valence-corrected chi connectivity index (χ2v) is 5.85. The molecule has 0 aromatic rings. The largest absolute Gasteiger partial charge is 0.389 e. The highest BCUT2D eigenvalue weighted by Crippen LogP contribution is 2.02. The fourth-order valence-corrected chi connectivity index (χ4v) is 2.05. The van der Waals surface area contributed by atoms with Crippen LogP contribution >= 0.6 is 0 Å². The van der Waals surface area contributed by atoms with Crippen LogP contribution in [0.1, 0.15) is 71.6 Å². The summed E-state index contributed by atoms with van der Waals surface area (Å²) in [7, 11) is 0. The molecule has 0 fully saturated rings. The van der Waals surface area contributed by atoms with Crippen LogP contribution < -0.4 is 0 Å². The molecule has 1 N–H and O–H groups in total. The SMILES string of the molecule is CCCC[C@@H](O)/C=C\C/C=C\C/C=C\C/C=C\CCCC(C)=O. The fourth-order valence-electron chi connectivity index (χ4n) is 2.05. The maximum Gasteiger partial charge on any atom is 0.129 e. The van der Waals surface area contributed by atoms with Gasteiger partial charge in [0.1, 0.15) is 5.78 Å². The number of aliphatic hydroxyl groups is 1. The Balaban J connectivity index is 3.53. The van der Waals surface area contributed by atoms with Gasteiger partial charge in [0.2, 0.25) is 0 Å². The molecule has 2 nitrogen and oxygen atoms in total. The second kappa shape index (κ2) is 17.0. The fraction of sp³-hybridized carbons (Fsp3) is 0.571. The van der Waals surface area contributed by atoms with Crippen molar-refractivity contribution in [3.63, 3.8) is 0 Å². The topological polar surface area (TPSA) is 37.3 Å². The number of hydrogen-bond donors (Lipinski definition) is 1. The first kappa shape index (κ1) is 21.6. The molecule has 0 saturated carbocycles. The van der Waals surface area contributed by atoms with Gasteiger partial charge < -0.3 is 9.90 Å². The zero-order valence-corrected chi connectivity index (χ0v) is 14.9. The molecule has 0 aliphatic carbocycles. The molecule has 0 aromatic heterocycles. The van der Waals surface area contributed by atoms with E-state index in [1.54, 1.807) is 6.92 Å². The van der Waals surface area contributed by atoms with E-state index >= 15 is 0 Å². The Morgan fingerprint density at radius 2 is 1.48 bits per heavy atom. The lowest BCUT2D eigenvalue weighted by Crippen LogP contribution is -2.00. The van der Waals surface area contributed by atoms with Crippen LogP contribution in [0.25, 0.3) is 0 Å². The third kappa shape index (κ3) is 18.5. The van der Waals surface area contributed by atoms with Crippen molar-refractivity contribution in [1.82, 2.24) is 0 Å². The zero-order chi connectivity index (χ0) is 17.2. The van der Waals surface area contributed by atoms with Gasteiger partial charge >= 0.3 is 0 Å². The molecule has 2 heteroatoms. The Morgan fingerprint density at radius 1 is 0.913 bits per heavy atom. The van der Waals surface area contributed by atoms with Crippen LogP contribution in [0.5, 0.6) is 0 Å². The van der Waals surface area contributed by atoms with Gasteiger partial charge in [-0.2, -0.15) is 0 Å². The molecule has 0 aliphatic rings. The molecular weight excluding hydrogens is 284 g/mol. The minimum Gasteiger partial charge on any atom is -0.389 e. The summed E-state index contributed by atoms with van der Waals surface area (Å²) in [6, 6.07) is 0. The maximum absolute atomic E-state index is 10.8. The van der Waals surface area contributed by atoms with Crippen molar-refractivity contribution in [2.45, 2.75) is 77.7 Å².